The fourth-order valence-electron chi connectivity index (χ4n) is 4.61. The van der Waals surface area contributed by atoms with Crippen molar-refractivity contribution in [2.24, 2.45) is 0 Å². The largest absolute Gasteiger partial charge is 0.336 e. The van der Waals surface area contributed by atoms with Crippen LogP contribution >= 0.6 is 0 Å². The summed E-state index contributed by atoms with van der Waals surface area (Å²) in [4.78, 5) is 29.3. The van der Waals surface area contributed by atoms with Crippen molar-refractivity contribution in [1.82, 2.24) is 10.2 Å². The quantitative estimate of drug-likeness (QED) is 0.908. The maximum atomic E-state index is 12.8. The van der Waals surface area contributed by atoms with Crippen molar-refractivity contribution in [2.45, 2.75) is 57.0 Å². The van der Waals surface area contributed by atoms with Gasteiger partial charge in [0, 0.05) is 18.6 Å². The Morgan fingerprint density at radius 1 is 1.25 bits per heavy atom. The van der Waals surface area contributed by atoms with Crippen LogP contribution in [0.15, 0.2) is 24.3 Å². The highest BCUT2D eigenvalue weighted by molar-refractivity contribution is 6.22. The number of hydrogen-bond donors (Lipinski definition) is 1. The monoisotopic (exact) mass is 327 g/mol. The van der Waals surface area contributed by atoms with Gasteiger partial charge in [0.25, 0.3) is 0 Å². The minimum absolute atomic E-state index is 0.147. The van der Waals surface area contributed by atoms with Crippen LogP contribution in [0, 0.1) is 0 Å². The maximum absolute atomic E-state index is 12.8. The Hall–Kier alpha value is -1.88. The highest BCUT2D eigenvalue weighted by atomic mass is 16.2. The van der Waals surface area contributed by atoms with E-state index >= 15 is 0 Å². The lowest BCUT2D eigenvalue weighted by Gasteiger charge is -2.25. The molecule has 4 rings (SSSR count). The van der Waals surface area contributed by atoms with Crippen molar-refractivity contribution in [2.75, 3.05) is 18.0 Å². The molecule has 1 aromatic rings. The number of para-hydroxylation sites is 1. The van der Waals surface area contributed by atoms with Crippen LogP contribution in [0.4, 0.5) is 10.5 Å². The highest BCUT2D eigenvalue weighted by Gasteiger charge is 2.46. The zero-order chi connectivity index (χ0) is 16.9. The Bertz CT molecular complexity index is 685. The molecule has 128 valence electrons. The van der Waals surface area contributed by atoms with Crippen molar-refractivity contribution in [3.8, 4) is 0 Å². The number of carbonyl (C=O) groups is 2. The lowest BCUT2D eigenvalue weighted by atomic mass is 9.86. The maximum Gasteiger partial charge on any atom is 0.328 e. The first-order valence-electron chi connectivity index (χ1n) is 8.98. The molecule has 3 amide bonds. The third-order valence-electron chi connectivity index (χ3n) is 5.97. The third-order valence-corrected chi connectivity index (χ3v) is 5.97. The number of imide groups is 1. The Morgan fingerprint density at radius 2 is 2.04 bits per heavy atom. The zero-order valence-electron chi connectivity index (χ0n) is 14.4. The van der Waals surface area contributed by atoms with Crippen LogP contribution in [0.25, 0.3) is 0 Å². The minimum Gasteiger partial charge on any atom is -0.336 e. The predicted molar refractivity (Wildman–Crippen MR) is 93.1 cm³/mol. The van der Waals surface area contributed by atoms with Crippen molar-refractivity contribution in [1.29, 1.82) is 0 Å². The molecule has 2 atom stereocenters. The van der Waals surface area contributed by atoms with Crippen LogP contribution in [-0.4, -0.2) is 42.0 Å². The summed E-state index contributed by atoms with van der Waals surface area (Å²) in [6, 6.07) is 8.42. The molecule has 0 saturated carbocycles. The Balaban J connectivity index is 1.48. The molecule has 2 unspecified atom stereocenters. The van der Waals surface area contributed by atoms with Gasteiger partial charge in [-0.15, -0.1) is 0 Å². The molecule has 1 N–H and O–H groups in total. The van der Waals surface area contributed by atoms with E-state index in [1.54, 1.807) is 0 Å². The normalized spacial score (nSPS) is 28.1. The van der Waals surface area contributed by atoms with Crippen LogP contribution in [0.2, 0.25) is 0 Å². The molecule has 5 nitrogen and oxygen atoms in total. The zero-order valence-corrected chi connectivity index (χ0v) is 14.4. The number of anilines is 1. The summed E-state index contributed by atoms with van der Waals surface area (Å²) in [6.07, 6.45) is 4.93. The minimum atomic E-state index is -0.651. The summed E-state index contributed by atoms with van der Waals surface area (Å²) in [5.41, 5.74) is 0.988. The second-order valence-corrected chi connectivity index (χ2v) is 7.73. The number of fused-ring (bicyclic) bond motifs is 2. The topological polar surface area (TPSA) is 52.7 Å². The molecule has 3 aliphatic rings. The summed E-state index contributed by atoms with van der Waals surface area (Å²) >= 11 is 0. The number of rotatable bonds is 2. The highest BCUT2D eigenvalue weighted by Crippen LogP contribution is 2.41. The van der Waals surface area contributed by atoms with Gasteiger partial charge in [-0.25, -0.2) is 9.69 Å². The fraction of sp³-hybridized carbons (Fsp3) is 0.579. The van der Waals surface area contributed by atoms with E-state index in [0.29, 0.717) is 18.6 Å². The Labute approximate surface area is 143 Å². The average molecular weight is 327 g/mol. The van der Waals surface area contributed by atoms with E-state index in [1.807, 2.05) is 38.1 Å². The van der Waals surface area contributed by atoms with Gasteiger partial charge in [0.05, 0.1) is 11.1 Å². The van der Waals surface area contributed by atoms with Crippen molar-refractivity contribution < 1.29 is 9.59 Å². The molecule has 3 aliphatic heterocycles. The molecule has 0 radical (unpaired) electrons. The Kier molecular flexibility index (Phi) is 3.64. The van der Waals surface area contributed by atoms with Gasteiger partial charge < -0.3 is 5.32 Å². The van der Waals surface area contributed by atoms with Gasteiger partial charge in [-0.05, 0) is 57.7 Å². The van der Waals surface area contributed by atoms with Gasteiger partial charge in [-0.3, -0.25) is 9.69 Å². The Morgan fingerprint density at radius 3 is 2.88 bits per heavy atom. The number of benzene rings is 1. The molecule has 2 fully saturated rings. The number of urea groups is 1. The van der Waals surface area contributed by atoms with Gasteiger partial charge in [0.15, 0.2) is 0 Å². The molecule has 0 bridgehead atoms. The molecule has 0 aliphatic carbocycles. The van der Waals surface area contributed by atoms with Crippen LogP contribution in [0.5, 0.6) is 0 Å². The van der Waals surface area contributed by atoms with Crippen molar-refractivity contribution in [3.63, 3.8) is 0 Å². The molecule has 0 spiro atoms. The van der Waals surface area contributed by atoms with Gasteiger partial charge in [0.2, 0.25) is 5.91 Å². The van der Waals surface area contributed by atoms with Crippen LogP contribution in [0.1, 0.15) is 45.1 Å². The van der Waals surface area contributed by atoms with E-state index in [4.69, 9.17) is 0 Å². The van der Waals surface area contributed by atoms with Crippen molar-refractivity contribution in [3.05, 3.63) is 29.8 Å². The number of hydrogen-bond acceptors (Lipinski definition) is 3. The van der Waals surface area contributed by atoms with Gasteiger partial charge in [-0.2, -0.15) is 0 Å². The smallest absolute Gasteiger partial charge is 0.328 e. The second-order valence-electron chi connectivity index (χ2n) is 7.73. The summed E-state index contributed by atoms with van der Waals surface area (Å²) < 4.78 is 0. The standard InChI is InChI=1S/C19H25N3O2/c1-19(2)15-7-3-4-8-16(15)22(17(19)23)18(24)20-12-14-10-9-13-6-5-11-21(13)14/h3-4,7-8,13-14H,5-6,9-12H2,1-2H3,(H,20,24). The van der Waals surface area contributed by atoms with Crippen LogP contribution < -0.4 is 10.2 Å². The fourth-order valence-corrected chi connectivity index (χ4v) is 4.61. The molecule has 2 saturated heterocycles. The second kappa shape index (κ2) is 5.59. The molecule has 1 aromatic carbocycles. The third kappa shape index (κ3) is 2.25. The average Bonchev–Trinajstić information content (AvgIpc) is 3.21. The van der Waals surface area contributed by atoms with E-state index in [0.717, 1.165) is 24.2 Å². The summed E-state index contributed by atoms with van der Waals surface area (Å²) in [7, 11) is 0. The number of carbonyl (C=O) groups excluding carboxylic acids is 2. The molecular formula is C19H25N3O2. The van der Waals surface area contributed by atoms with E-state index in [2.05, 4.69) is 10.2 Å². The van der Waals surface area contributed by atoms with E-state index in [1.165, 1.54) is 24.2 Å². The summed E-state index contributed by atoms with van der Waals surface area (Å²) in [5.74, 6) is -0.147. The first-order chi connectivity index (χ1) is 11.5. The van der Waals surface area contributed by atoms with Gasteiger partial charge in [-0.1, -0.05) is 18.2 Å². The number of amides is 3. The van der Waals surface area contributed by atoms with Gasteiger partial charge in [0.1, 0.15) is 0 Å². The first-order valence-corrected chi connectivity index (χ1v) is 8.98. The summed E-state index contributed by atoms with van der Waals surface area (Å²) in [6.45, 7) is 5.53. The van der Waals surface area contributed by atoms with E-state index in [9.17, 15) is 9.59 Å². The van der Waals surface area contributed by atoms with Gasteiger partial charge >= 0.3 is 6.03 Å². The number of nitrogens with zero attached hydrogens (tertiary/aromatic N) is 2. The SMILES string of the molecule is CC1(C)C(=O)N(C(=O)NCC2CCC3CCCN32)c2ccccc21. The first kappa shape index (κ1) is 15.6. The van der Waals surface area contributed by atoms with Crippen LogP contribution in [-0.2, 0) is 10.2 Å². The molecule has 0 aromatic heterocycles. The molecule has 3 heterocycles. The van der Waals surface area contributed by atoms with E-state index in [-0.39, 0.29) is 11.9 Å². The molecular weight excluding hydrogens is 302 g/mol. The lowest BCUT2D eigenvalue weighted by molar-refractivity contribution is -0.121. The molecule has 24 heavy (non-hydrogen) atoms. The van der Waals surface area contributed by atoms with Crippen molar-refractivity contribution >= 4 is 17.6 Å². The van der Waals surface area contributed by atoms with E-state index < -0.39 is 5.41 Å². The molecule has 5 heteroatoms. The number of nitrogens with one attached hydrogen (secondary N) is 1. The summed E-state index contributed by atoms with van der Waals surface area (Å²) in [5, 5.41) is 3.01. The van der Waals surface area contributed by atoms with Crippen LogP contribution in [0.3, 0.4) is 0 Å². The lowest BCUT2D eigenvalue weighted by Crippen LogP contribution is -2.49. The predicted octanol–water partition coefficient (Wildman–Crippen LogP) is 2.65.